The Morgan fingerprint density at radius 3 is 2.89 bits per heavy atom. The average molecular weight is 261 g/mol. The summed E-state index contributed by atoms with van der Waals surface area (Å²) in [6.07, 6.45) is 4.18. The highest BCUT2D eigenvalue weighted by molar-refractivity contribution is 5.27. The van der Waals surface area contributed by atoms with Crippen molar-refractivity contribution in [1.82, 2.24) is 5.32 Å². The number of benzene rings is 1. The lowest BCUT2D eigenvalue weighted by atomic mass is 10.1. The molecule has 1 atom stereocenters. The van der Waals surface area contributed by atoms with Crippen LogP contribution in [0.2, 0.25) is 0 Å². The van der Waals surface area contributed by atoms with E-state index in [1.54, 1.807) is 6.08 Å². The van der Waals surface area contributed by atoms with E-state index in [9.17, 15) is 0 Å². The second kappa shape index (κ2) is 7.97. The molecule has 0 saturated carbocycles. The van der Waals surface area contributed by atoms with Crippen LogP contribution in [0.15, 0.2) is 36.9 Å². The number of hydrogen-bond acceptors (Lipinski definition) is 3. The summed E-state index contributed by atoms with van der Waals surface area (Å²) in [4.78, 5) is 0. The molecule has 1 aliphatic heterocycles. The van der Waals surface area contributed by atoms with E-state index >= 15 is 0 Å². The Bertz CT molecular complexity index is 369. The van der Waals surface area contributed by atoms with E-state index in [1.807, 2.05) is 12.1 Å². The highest BCUT2D eigenvalue weighted by Crippen LogP contribution is 2.15. The van der Waals surface area contributed by atoms with E-state index < -0.39 is 0 Å². The van der Waals surface area contributed by atoms with Crippen molar-refractivity contribution in [1.29, 1.82) is 0 Å². The fourth-order valence-corrected chi connectivity index (χ4v) is 2.21. The average Bonchev–Trinajstić information content (AvgIpc) is 2.96. The van der Waals surface area contributed by atoms with Crippen molar-refractivity contribution in [2.24, 2.45) is 5.92 Å². The van der Waals surface area contributed by atoms with Gasteiger partial charge in [-0.15, -0.1) is 0 Å². The van der Waals surface area contributed by atoms with E-state index in [-0.39, 0.29) is 0 Å². The lowest BCUT2D eigenvalue weighted by Crippen LogP contribution is -2.17. The van der Waals surface area contributed by atoms with E-state index in [0.29, 0.717) is 6.61 Å². The molecule has 0 radical (unpaired) electrons. The third-order valence-corrected chi connectivity index (χ3v) is 3.37. The molecule has 0 amide bonds. The molecule has 0 bridgehead atoms. The number of rotatable bonds is 8. The van der Waals surface area contributed by atoms with Crippen LogP contribution in [0.3, 0.4) is 0 Å². The van der Waals surface area contributed by atoms with Crippen LogP contribution >= 0.6 is 0 Å². The van der Waals surface area contributed by atoms with E-state index in [0.717, 1.165) is 38.0 Å². The molecular weight excluding hydrogens is 238 g/mol. The monoisotopic (exact) mass is 261 g/mol. The molecule has 0 spiro atoms. The van der Waals surface area contributed by atoms with Crippen molar-refractivity contribution >= 4 is 0 Å². The first kappa shape index (κ1) is 14.1. The standard InChI is InChI=1S/C16H23NO2/c1-2-10-19-16-5-3-14(4-6-16)12-17-9-7-15-8-11-18-13-15/h2-6,15,17H,1,7-13H2. The Morgan fingerprint density at radius 1 is 1.37 bits per heavy atom. The minimum atomic E-state index is 0.557. The lowest BCUT2D eigenvalue weighted by Gasteiger charge is -2.09. The van der Waals surface area contributed by atoms with E-state index in [1.165, 1.54) is 18.4 Å². The number of ether oxygens (including phenoxy) is 2. The summed E-state index contributed by atoms with van der Waals surface area (Å²) in [6, 6.07) is 8.21. The van der Waals surface area contributed by atoms with Crippen LogP contribution in [0.25, 0.3) is 0 Å². The first-order chi connectivity index (χ1) is 9.38. The fourth-order valence-electron chi connectivity index (χ4n) is 2.21. The summed E-state index contributed by atoms with van der Waals surface area (Å²) in [5.74, 6) is 1.65. The minimum absolute atomic E-state index is 0.557. The molecule has 1 unspecified atom stereocenters. The van der Waals surface area contributed by atoms with Gasteiger partial charge in [0.05, 0.1) is 0 Å². The fraction of sp³-hybridized carbons (Fsp3) is 0.500. The molecule has 1 aliphatic rings. The zero-order chi connectivity index (χ0) is 13.3. The van der Waals surface area contributed by atoms with Gasteiger partial charge in [0.1, 0.15) is 12.4 Å². The molecule has 19 heavy (non-hydrogen) atoms. The summed E-state index contributed by atoms with van der Waals surface area (Å²) >= 11 is 0. The van der Waals surface area contributed by atoms with Crippen LogP contribution in [0.1, 0.15) is 18.4 Å². The van der Waals surface area contributed by atoms with Gasteiger partial charge in [0.2, 0.25) is 0 Å². The van der Waals surface area contributed by atoms with E-state index in [4.69, 9.17) is 9.47 Å². The van der Waals surface area contributed by atoms with Crippen molar-refractivity contribution in [3.8, 4) is 5.75 Å². The molecule has 2 rings (SSSR count). The van der Waals surface area contributed by atoms with Gasteiger partial charge in [-0.1, -0.05) is 24.8 Å². The van der Waals surface area contributed by atoms with Crippen LogP contribution in [-0.2, 0) is 11.3 Å². The van der Waals surface area contributed by atoms with Crippen molar-refractivity contribution in [3.63, 3.8) is 0 Å². The van der Waals surface area contributed by atoms with Gasteiger partial charge in [0.15, 0.2) is 0 Å². The second-order valence-corrected chi connectivity index (χ2v) is 4.94. The normalized spacial score (nSPS) is 18.4. The molecule has 1 saturated heterocycles. The zero-order valence-electron chi connectivity index (χ0n) is 11.4. The van der Waals surface area contributed by atoms with Gasteiger partial charge in [0, 0.05) is 19.8 Å². The molecule has 104 valence electrons. The van der Waals surface area contributed by atoms with E-state index in [2.05, 4.69) is 24.0 Å². The van der Waals surface area contributed by atoms with Gasteiger partial charge in [-0.2, -0.15) is 0 Å². The van der Waals surface area contributed by atoms with Crippen LogP contribution < -0.4 is 10.1 Å². The molecule has 0 aliphatic carbocycles. The summed E-state index contributed by atoms with van der Waals surface area (Å²) in [5, 5.41) is 3.48. The van der Waals surface area contributed by atoms with Crippen molar-refractivity contribution in [3.05, 3.63) is 42.5 Å². The predicted octanol–water partition coefficient (Wildman–Crippen LogP) is 2.77. The Kier molecular flexibility index (Phi) is 5.92. The first-order valence-electron chi connectivity index (χ1n) is 6.99. The van der Waals surface area contributed by atoms with Gasteiger partial charge in [-0.3, -0.25) is 0 Å². The predicted molar refractivity (Wildman–Crippen MR) is 77.4 cm³/mol. The highest BCUT2D eigenvalue weighted by atomic mass is 16.5. The Labute approximate surface area is 115 Å². The van der Waals surface area contributed by atoms with Crippen molar-refractivity contribution in [2.75, 3.05) is 26.4 Å². The largest absolute Gasteiger partial charge is 0.490 e. The maximum atomic E-state index is 5.45. The smallest absolute Gasteiger partial charge is 0.119 e. The molecule has 1 heterocycles. The molecule has 1 aromatic carbocycles. The summed E-state index contributed by atoms with van der Waals surface area (Å²) in [7, 11) is 0. The van der Waals surface area contributed by atoms with Gasteiger partial charge >= 0.3 is 0 Å². The molecular formula is C16H23NO2. The first-order valence-corrected chi connectivity index (χ1v) is 6.99. The van der Waals surface area contributed by atoms with Crippen LogP contribution in [0.4, 0.5) is 0 Å². The van der Waals surface area contributed by atoms with Gasteiger partial charge in [-0.05, 0) is 43.0 Å². The highest BCUT2D eigenvalue weighted by Gasteiger charge is 2.14. The maximum absolute atomic E-state index is 5.45. The molecule has 1 N–H and O–H groups in total. The molecule has 0 aromatic heterocycles. The minimum Gasteiger partial charge on any atom is -0.490 e. The molecule has 1 fully saturated rings. The van der Waals surface area contributed by atoms with Crippen molar-refractivity contribution in [2.45, 2.75) is 19.4 Å². The molecule has 3 nitrogen and oxygen atoms in total. The molecule has 3 heteroatoms. The quantitative estimate of drug-likeness (QED) is 0.576. The summed E-state index contributed by atoms with van der Waals surface area (Å²) < 4.78 is 10.8. The topological polar surface area (TPSA) is 30.5 Å². The lowest BCUT2D eigenvalue weighted by molar-refractivity contribution is 0.184. The van der Waals surface area contributed by atoms with Crippen LogP contribution in [0.5, 0.6) is 5.75 Å². The number of hydrogen-bond donors (Lipinski definition) is 1. The van der Waals surface area contributed by atoms with Gasteiger partial charge in [0.25, 0.3) is 0 Å². The number of nitrogens with one attached hydrogen (secondary N) is 1. The summed E-state index contributed by atoms with van der Waals surface area (Å²) in [6.45, 7) is 8.04. The van der Waals surface area contributed by atoms with Crippen molar-refractivity contribution < 1.29 is 9.47 Å². The maximum Gasteiger partial charge on any atom is 0.119 e. The van der Waals surface area contributed by atoms with Gasteiger partial charge < -0.3 is 14.8 Å². The second-order valence-electron chi connectivity index (χ2n) is 4.94. The van der Waals surface area contributed by atoms with Crippen LogP contribution in [0, 0.1) is 5.92 Å². The van der Waals surface area contributed by atoms with Crippen LogP contribution in [-0.4, -0.2) is 26.4 Å². The zero-order valence-corrected chi connectivity index (χ0v) is 11.4. The third kappa shape index (κ3) is 5.05. The van der Waals surface area contributed by atoms with Gasteiger partial charge in [-0.25, -0.2) is 0 Å². The Morgan fingerprint density at radius 2 is 2.21 bits per heavy atom. The Hall–Kier alpha value is -1.32. The SMILES string of the molecule is C=CCOc1ccc(CNCCC2CCOC2)cc1. The Balaban J connectivity index is 1.63. The third-order valence-electron chi connectivity index (χ3n) is 3.37. The molecule has 1 aromatic rings. The summed E-state index contributed by atoms with van der Waals surface area (Å²) in [5.41, 5.74) is 1.29.